The second-order valence-electron chi connectivity index (χ2n) is 4.19. The van der Waals surface area contributed by atoms with Crippen molar-refractivity contribution in [3.8, 4) is 0 Å². The van der Waals surface area contributed by atoms with Crippen molar-refractivity contribution >= 4 is 21.8 Å². The molecule has 0 aromatic carbocycles. The maximum atomic E-state index is 11.7. The first-order valence-corrected chi connectivity index (χ1v) is 6.70. The molecule has 1 aromatic rings. The van der Waals surface area contributed by atoms with E-state index in [1.165, 1.54) is 12.3 Å². The van der Waals surface area contributed by atoms with Crippen LogP contribution >= 0.6 is 15.9 Å². The zero-order chi connectivity index (χ0) is 12.8. The van der Waals surface area contributed by atoms with Gasteiger partial charge in [0, 0.05) is 29.8 Å². The largest absolute Gasteiger partial charge is 0.364 e. The molecule has 2 N–H and O–H groups in total. The van der Waals surface area contributed by atoms with Gasteiger partial charge in [-0.2, -0.15) is 0 Å². The fourth-order valence-electron chi connectivity index (χ4n) is 1.40. The number of carbonyl (C=O) groups is 1. The first kappa shape index (κ1) is 14.0. The molecule has 4 nitrogen and oxygen atoms in total. The Labute approximate surface area is 109 Å². The number of hydrogen-bond donors (Lipinski definition) is 2. The average Bonchev–Trinajstić information content (AvgIpc) is 2.26. The number of aromatic nitrogens is 1. The number of amides is 1. The Morgan fingerprint density at radius 3 is 2.88 bits per heavy atom. The molecule has 1 atom stereocenters. The summed E-state index contributed by atoms with van der Waals surface area (Å²) in [5, 5.41) is 3.68. The molecular weight excluding hydrogens is 284 g/mol. The van der Waals surface area contributed by atoms with Gasteiger partial charge in [-0.3, -0.25) is 9.59 Å². The number of aromatic amines is 1. The summed E-state index contributed by atoms with van der Waals surface area (Å²) in [7, 11) is 0. The van der Waals surface area contributed by atoms with Crippen molar-refractivity contribution in [3.05, 3.63) is 33.7 Å². The van der Waals surface area contributed by atoms with Gasteiger partial charge in [0.15, 0.2) is 5.43 Å². The van der Waals surface area contributed by atoms with E-state index in [0.29, 0.717) is 12.5 Å². The smallest absolute Gasteiger partial charge is 0.256 e. The van der Waals surface area contributed by atoms with Gasteiger partial charge in [-0.15, -0.1) is 0 Å². The van der Waals surface area contributed by atoms with Crippen LogP contribution in [0.3, 0.4) is 0 Å². The number of rotatable bonds is 5. The molecule has 1 amide bonds. The Hall–Kier alpha value is -1.10. The van der Waals surface area contributed by atoms with Crippen LogP contribution in [0.5, 0.6) is 0 Å². The van der Waals surface area contributed by atoms with Crippen molar-refractivity contribution in [2.75, 3.05) is 11.9 Å². The lowest BCUT2D eigenvalue weighted by atomic mass is 10.1. The molecule has 0 aliphatic carbocycles. The van der Waals surface area contributed by atoms with Gasteiger partial charge in [0.25, 0.3) is 5.91 Å². The summed E-state index contributed by atoms with van der Waals surface area (Å²) in [5.41, 5.74) is 0.674. The van der Waals surface area contributed by atoms with Crippen LogP contribution in [0.2, 0.25) is 0 Å². The van der Waals surface area contributed by atoms with E-state index >= 15 is 0 Å². The molecule has 0 bridgehead atoms. The van der Waals surface area contributed by atoms with Crippen LogP contribution in [-0.2, 0) is 0 Å². The Bertz CT molecular complexity index is 442. The van der Waals surface area contributed by atoms with Crippen molar-refractivity contribution in [2.45, 2.75) is 20.3 Å². The van der Waals surface area contributed by atoms with Gasteiger partial charge in [-0.25, -0.2) is 0 Å². The van der Waals surface area contributed by atoms with Gasteiger partial charge < -0.3 is 10.3 Å². The number of nitrogens with one attached hydrogen (secondary N) is 2. The highest BCUT2D eigenvalue weighted by atomic mass is 79.9. The van der Waals surface area contributed by atoms with Crippen LogP contribution in [0.1, 0.15) is 29.4 Å². The van der Waals surface area contributed by atoms with Crippen molar-refractivity contribution in [1.29, 1.82) is 0 Å². The first-order valence-electron chi connectivity index (χ1n) is 5.58. The molecule has 0 fully saturated rings. The van der Waals surface area contributed by atoms with E-state index in [-0.39, 0.29) is 16.9 Å². The maximum absolute atomic E-state index is 11.7. The number of carbonyl (C=O) groups excluding carboxylic acids is 1. The number of halogens is 1. The second-order valence-corrected chi connectivity index (χ2v) is 4.98. The Morgan fingerprint density at radius 2 is 2.29 bits per heavy atom. The van der Waals surface area contributed by atoms with Crippen molar-refractivity contribution in [2.24, 2.45) is 5.92 Å². The van der Waals surface area contributed by atoms with Gasteiger partial charge in [-0.05, 0) is 19.3 Å². The van der Waals surface area contributed by atoms with E-state index in [1.807, 2.05) is 0 Å². The molecule has 0 radical (unpaired) electrons. The number of H-pyrrole nitrogens is 1. The van der Waals surface area contributed by atoms with E-state index in [0.717, 1.165) is 17.4 Å². The van der Waals surface area contributed by atoms with E-state index < -0.39 is 0 Å². The minimum Gasteiger partial charge on any atom is -0.364 e. The summed E-state index contributed by atoms with van der Waals surface area (Å²) >= 11 is 3.35. The number of pyridine rings is 1. The molecular formula is C12H17BrN2O2. The Kier molecular flexibility index (Phi) is 5.41. The van der Waals surface area contributed by atoms with Gasteiger partial charge in [0.1, 0.15) is 5.56 Å². The molecule has 0 spiro atoms. The summed E-state index contributed by atoms with van der Waals surface area (Å²) in [4.78, 5) is 26.2. The number of hydrogen-bond acceptors (Lipinski definition) is 2. The molecule has 17 heavy (non-hydrogen) atoms. The standard InChI is InChI=1S/C12H17BrN2O2/c1-8(3-4-13)6-15-12(17)10-7-14-9(2)5-11(10)16/h5,7-8H,3-4,6H2,1-2H3,(H,14,16)(H,15,17). The van der Waals surface area contributed by atoms with Crippen molar-refractivity contribution in [1.82, 2.24) is 10.3 Å². The van der Waals surface area contributed by atoms with Crippen LogP contribution in [0.25, 0.3) is 0 Å². The summed E-state index contributed by atoms with van der Waals surface area (Å²) in [5.74, 6) is 0.0792. The van der Waals surface area contributed by atoms with E-state index in [4.69, 9.17) is 0 Å². The van der Waals surface area contributed by atoms with Crippen molar-refractivity contribution in [3.63, 3.8) is 0 Å². The minimum atomic E-state index is -0.312. The van der Waals surface area contributed by atoms with Crippen LogP contribution in [0, 0.1) is 12.8 Å². The molecule has 94 valence electrons. The SMILES string of the molecule is Cc1cc(=O)c(C(=O)NCC(C)CCBr)c[nH]1. The zero-order valence-electron chi connectivity index (χ0n) is 10.0. The molecule has 0 aliphatic heterocycles. The first-order chi connectivity index (χ1) is 8.04. The van der Waals surface area contributed by atoms with Gasteiger partial charge >= 0.3 is 0 Å². The monoisotopic (exact) mass is 300 g/mol. The second kappa shape index (κ2) is 6.59. The highest BCUT2D eigenvalue weighted by Crippen LogP contribution is 2.02. The zero-order valence-corrected chi connectivity index (χ0v) is 11.6. The molecule has 1 rings (SSSR count). The third kappa shape index (κ3) is 4.34. The third-order valence-corrected chi connectivity index (χ3v) is 2.97. The van der Waals surface area contributed by atoms with Crippen LogP contribution in [-0.4, -0.2) is 22.8 Å². The molecule has 0 aliphatic rings. The van der Waals surface area contributed by atoms with E-state index in [2.05, 4.69) is 33.2 Å². The molecule has 0 saturated carbocycles. The van der Waals surface area contributed by atoms with Crippen LogP contribution in [0.15, 0.2) is 17.1 Å². The summed E-state index contributed by atoms with van der Waals surface area (Å²) < 4.78 is 0. The highest BCUT2D eigenvalue weighted by Gasteiger charge is 2.11. The quantitative estimate of drug-likeness (QED) is 0.815. The number of alkyl halides is 1. The Balaban J connectivity index is 2.61. The van der Waals surface area contributed by atoms with Gasteiger partial charge in [-0.1, -0.05) is 22.9 Å². The van der Waals surface area contributed by atoms with E-state index in [1.54, 1.807) is 6.92 Å². The molecule has 0 saturated heterocycles. The lowest BCUT2D eigenvalue weighted by molar-refractivity contribution is 0.0946. The highest BCUT2D eigenvalue weighted by molar-refractivity contribution is 9.09. The maximum Gasteiger partial charge on any atom is 0.256 e. The van der Waals surface area contributed by atoms with Gasteiger partial charge in [0.2, 0.25) is 0 Å². The number of aryl methyl sites for hydroxylation is 1. The topological polar surface area (TPSA) is 62.0 Å². The lowest BCUT2D eigenvalue weighted by Gasteiger charge is -2.10. The third-order valence-electron chi connectivity index (χ3n) is 2.51. The summed E-state index contributed by atoms with van der Waals surface area (Å²) in [6.07, 6.45) is 2.45. The van der Waals surface area contributed by atoms with E-state index in [9.17, 15) is 9.59 Å². The normalized spacial score (nSPS) is 12.2. The van der Waals surface area contributed by atoms with Crippen LogP contribution in [0.4, 0.5) is 0 Å². The predicted octanol–water partition coefficient (Wildman–Crippen LogP) is 1.83. The summed E-state index contributed by atoms with van der Waals surface area (Å²) in [6.45, 7) is 4.42. The molecule has 1 heterocycles. The van der Waals surface area contributed by atoms with Crippen LogP contribution < -0.4 is 10.7 Å². The van der Waals surface area contributed by atoms with Crippen molar-refractivity contribution < 1.29 is 4.79 Å². The molecule has 1 unspecified atom stereocenters. The molecule has 5 heteroatoms. The predicted molar refractivity (Wildman–Crippen MR) is 71.7 cm³/mol. The lowest BCUT2D eigenvalue weighted by Crippen LogP contribution is -2.32. The average molecular weight is 301 g/mol. The Morgan fingerprint density at radius 1 is 1.59 bits per heavy atom. The summed E-state index contributed by atoms with van der Waals surface area (Å²) in [6, 6.07) is 1.43. The molecule has 1 aromatic heterocycles. The fraction of sp³-hybridized carbons (Fsp3) is 0.500. The van der Waals surface area contributed by atoms with Gasteiger partial charge in [0.05, 0.1) is 0 Å². The minimum absolute atomic E-state index is 0.168. The fourth-order valence-corrected chi connectivity index (χ4v) is 2.18.